The number of hydrogen-bond acceptors (Lipinski definition) is 7. The van der Waals surface area contributed by atoms with Crippen LogP contribution in [0.4, 0.5) is 5.82 Å². The van der Waals surface area contributed by atoms with Crippen LogP contribution in [0.2, 0.25) is 0 Å². The highest BCUT2D eigenvalue weighted by Crippen LogP contribution is 2.23. The summed E-state index contributed by atoms with van der Waals surface area (Å²) in [6.07, 6.45) is 1.80. The second-order valence-corrected chi connectivity index (χ2v) is 7.68. The monoisotopic (exact) mass is 386 g/mol. The summed E-state index contributed by atoms with van der Waals surface area (Å²) in [5.74, 6) is 2.19. The molecule has 1 amide bonds. The van der Waals surface area contributed by atoms with Gasteiger partial charge in [-0.3, -0.25) is 9.89 Å². The number of piperazine rings is 1. The van der Waals surface area contributed by atoms with Crippen LogP contribution in [-0.2, 0) is 4.79 Å². The molecular weight excluding hydrogens is 368 g/mol. The summed E-state index contributed by atoms with van der Waals surface area (Å²) in [7, 11) is 0. The molecule has 1 saturated heterocycles. The number of carbonyl (C=O) groups is 1. The van der Waals surface area contributed by atoms with Crippen LogP contribution in [0.15, 0.2) is 47.1 Å². The Labute approximate surface area is 159 Å². The molecule has 3 aromatic heterocycles. The molecule has 0 radical (unpaired) electrons. The molecule has 26 heavy (non-hydrogen) atoms. The fraction of sp³-hybridized carbons (Fsp3) is 0.294. The molecule has 1 aliphatic heterocycles. The van der Waals surface area contributed by atoms with Crippen molar-refractivity contribution in [2.75, 3.05) is 36.8 Å². The quantitative estimate of drug-likeness (QED) is 0.679. The van der Waals surface area contributed by atoms with Crippen molar-refractivity contribution in [3.05, 3.63) is 41.9 Å². The molecule has 3 aromatic rings. The second kappa shape index (κ2) is 7.88. The van der Waals surface area contributed by atoms with Gasteiger partial charge in [0.15, 0.2) is 5.82 Å². The van der Waals surface area contributed by atoms with E-state index in [1.54, 1.807) is 17.5 Å². The Hall–Kier alpha value is -2.39. The topological polar surface area (TPSA) is 78.0 Å². The first-order valence-electron chi connectivity index (χ1n) is 8.32. The summed E-state index contributed by atoms with van der Waals surface area (Å²) in [5.41, 5.74) is 0. The Bertz CT molecular complexity index is 843. The number of carbonyl (C=O) groups excluding carboxylic acids is 1. The van der Waals surface area contributed by atoms with Crippen LogP contribution in [-0.4, -0.2) is 62.9 Å². The fourth-order valence-corrected chi connectivity index (χ4v) is 4.14. The van der Waals surface area contributed by atoms with Gasteiger partial charge in [0, 0.05) is 32.4 Å². The molecule has 134 valence electrons. The van der Waals surface area contributed by atoms with Gasteiger partial charge in [-0.05, 0) is 23.6 Å². The van der Waals surface area contributed by atoms with Crippen molar-refractivity contribution in [2.45, 2.75) is 5.16 Å². The number of nitrogens with one attached hydrogen (secondary N) is 1. The molecule has 0 saturated carbocycles. The zero-order valence-corrected chi connectivity index (χ0v) is 15.7. The lowest BCUT2D eigenvalue weighted by Gasteiger charge is -2.35. The largest absolute Gasteiger partial charge is 0.353 e. The van der Waals surface area contributed by atoms with E-state index in [9.17, 15) is 4.79 Å². The van der Waals surface area contributed by atoms with E-state index in [0.29, 0.717) is 24.0 Å². The van der Waals surface area contributed by atoms with E-state index in [4.69, 9.17) is 0 Å². The SMILES string of the molecule is O=C(CSc1n[nH]c(-c2cccs2)n1)N1CCN(c2ccccn2)CC1. The maximum atomic E-state index is 12.5. The smallest absolute Gasteiger partial charge is 0.233 e. The lowest BCUT2D eigenvalue weighted by Crippen LogP contribution is -2.49. The molecule has 7 nitrogen and oxygen atoms in total. The summed E-state index contributed by atoms with van der Waals surface area (Å²) in [6, 6.07) is 9.86. The van der Waals surface area contributed by atoms with Crippen molar-refractivity contribution < 1.29 is 4.79 Å². The van der Waals surface area contributed by atoms with Gasteiger partial charge >= 0.3 is 0 Å². The Morgan fingerprint density at radius 2 is 2.08 bits per heavy atom. The number of hydrogen-bond donors (Lipinski definition) is 1. The average molecular weight is 387 g/mol. The molecule has 1 aliphatic rings. The van der Waals surface area contributed by atoms with E-state index < -0.39 is 0 Å². The van der Waals surface area contributed by atoms with Crippen LogP contribution in [0.25, 0.3) is 10.7 Å². The summed E-state index contributed by atoms with van der Waals surface area (Å²) < 4.78 is 0. The fourth-order valence-electron chi connectivity index (χ4n) is 2.78. The predicted molar refractivity (Wildman–Crippen MR) is 103 cm³/mol. The third-order valence-electron chi connectivity index (χ3n) is 4.15. The van der Waals surface area contributed by atoms with Gasteiger partial charge in [0.05, 0.1) is 10.6 Å². The number of nitrogens with zero attached hydrogens (tertiary/aromatic N) is 5. The van der Waals surface area contributed by atoms with Crippen molar-refractivity contribution >= 4 is 34.8 Å². The molecule has 9 heteroatoms. The number of aromatic amines is 1. The molecule has 0 bridgehead atoms. The minimum Gasteiger partial charge on any atom is -0.353 e. The second-order valence-electron chi connectivity index (χ2n) is 5.79. The van der Waals surface area contributed by atoms with Gasteiger partial charge in [0.2, 0.25) is 11.1 Å². The highest BCUT2D eigenvalue weighted by atomic mass is 32.2. The van der Waals surface area contributed by atoms with Gasteiger partial charge in [0.25, 0.3) is 0 Å². The van der Waals surface area contributed by atoms with E-state index in [1.807, 2.05) is 40.6 Å². The summed E-state index contributed by atoms with van der Waals surface area (Å²) >= 11 is 2.98. The van der Waals surface area contributed by atoms with Gasteiger partial charge in [-0.25, -0.2) is 9.97 Å². The van der Waals surface area contributed by atoms with Crippen molar-refractivity contribution in [1.29, 1.82) is 0 Å². The van der Waals surface area contributed by atoms with E-state index in [2.05, 4.69) is 25.1 Å². The minimum atomic E-state index is 0.123. The normalized spacial score (nSPS) is 14.6. The van der Waals surface area contributed by atoms with Crippen LogP contribution in [0.3, 0.4) is 0 Å². The minimum absolute atomic E-state index is 0.123. The lowest BCUT2D eigenvalue weighted by molar-refractivity contribution is -0.128. The number of H-pyrrole nitrogens is 1. The molecule has 0 unspecified atom stereocenters. The number of anilines is 1. The van der Waals surface area contributed by atoms with Crippen LogP contribution in [0, 0.1) is 0 Å². The van der Waals surface area contributed by atoms with E-state index in [0.717, 1.165) is 29.6 Å². The zero-order chi connectivity index (χ0) is 17.8. The van der Waals surface area contributed by atoms with Crippen LogP contribution >= 0.6 is 23.1 Å². The first kappa shape index (κ1) is 17.0. The van der Waals surface area contributed by atoms with Gasteiger partial charge < -0.3 is 9.80 Å². The van der Waals surface area contributed by atoms with E-state index >= 15 is 0 Å². The summed E-state index contributed by atoms with van der Waals surface area (Å²) in [5, 5.41) is 9.72. The molecule has 1 N–H and O–H groups in total. The highest BCUT2D eigenvalue weighted by Gasteiger charge is 2.22. The van der Waals surface area contributed by atoms with Gasteiger partial charge in [-0.1, -0.05) is 23.9 Å². The highest BCUT2D eigenvalue weighted by molar-refractivity contribution is 7.99. The molecule has 4 rings (SSSR count). The number of thioether (sulfide) groups is 1. The molecule has 0 spiro atoms. The number of aromatic nitrogens is 4. The average Bonchev–Trinajstić information content (AvgIpc) is 3.38. The zero-order valence-electron chi connectivity index (χ0n) is 14.0. The third kappa shape index (κ3) is 3.88. The third-order valence-corrected chi connectivity index (χ3v) is 5.86. The van der Waals surface area contributed by atoms with Crippen LogP contribution < -0.4 is 4.90 Å². The summed E-state index contributed by atoms with van der Waals surface area (Å²) in [6.45, 7) is 3.03. The lowest BCUT2D eigenvalue weighted by atomic mass is 10.3. The van der Waals surface area contributed by atoms with E-state index in [-0.39, 0.29) is 5.91 Å². The van der Waals surface area contributed by atoms with Crippen molar-refractivity contribution in [3.8, 4) is 10.7 Å². The first-order chi connectivity index (χ1) is 12.8. The van der Waals surface area contributed by atoms with Crippen molar-refractivity contribution in [1.82, 2.24) is 25.1 Å². The van der Waals surface area contributed by atoms with Crippen LogP contribution in [0.5, 0.6) is 0 Å². The maximum absolute atomic E-state index is 12.5. The number of thiophene rings is 1. The number of amides is 1. The van der Waals surface area contributed by atoms with Crippen LogP contribution in [0.1, 0.15) is 0 Å². The van der Waals surface area contributed by atoms with E-state index in [1.165, 1.54) is 11.8 Å². The predicted octanol–water partition coefficient (Wildman–Crippen LogP) is 2.37. The Morgan fingerprint density at radius 3 is 2.81 bits per heavy atom. The molecule has 0 aliphatic carbocycles. The molecular formula is C17H18N6OS2. The Balaban J connectivity index is 1.27. The molecule has 0 atom stereocenters. The number of rotatable bonds is 5. The van der Waals surface area contributed by atoms with Crippen molar-refractivity contribution in [2.24, 2.45) is 0 Å². The Morgan fingerprint density at radius 1 is 1.19 bits per heavy atom. The van der Waals surface area contributed by atoms with Crippen molar-refractivity contribution in [3.63, 3.8) is 0 Å². The molecule has 0 aromatic carbocycles. The van der Waals surface area contributed by atoms with Gasteiger partial charge in [-0.15, -0.1) is 16.4 Å². The number of pyridine rings is 1. The first-order valence-corrected chi connectivity index (χ1v) is 10.2. The standard InChI is InChI=1S/C17H18N6OS2/c24-15(12-26-17-19-16(20-21-17)13-4-3-11-25-13)23-9-7-22(8-10-23)14-5-1-2-6-18-14/h1-6,11H,7-10,12H2,(H,19,20,21). The summed E-state index contributed by atoms with van der Waals surface area (Å²) in [4.78, 5) is 26.4. The maximum Gasteiger partial charge on any atom is 0.233 e. The molecule has 4 heterocycles. The van der Waals surface area contributed by atoms with Gasteiger partial charge in [0.1, 0.15) is 5.82 Å². The molecule has 1 fully saturated rings. The van der Waals surface area contributed by atoms with Gasteiger partial charge in [-0.2, -0.15) is 0 Å². The Kier molecular flexibility index (Phi) is 5.16.